The Morgan fingerprint density at radius 2 is 1.94 bits per heavy atom. The van der Waals surface area contributed by atoms with Crippen molar-refractivity contribution in [2.75, 3.05) is 37.4 Å². The zero-order valence-corrected chi connectivity index (χ0v) is 23.0. The average molecular weight is 546 g/mol. The second-order valence-electron chi connectivity index (χ2n) is 9.33. The largest absolute Gasteiger partial charge is 0.376 e. The Balaban J connectivity index is 1.35. The molecule has 0 bridgehead atoms. The first-order valence-electron chi connectivity index (χ1n) is 12.3. The van der Waals surface area contributed by atoms with Gasteiger partial charge in [0.1, 0.15) is 0 Å². The van der Waals surface area contributed by atoms with Gasteiger partial charge in [0.15, 0.2) is 5.13 Å². The van der Waals surface area contributed by atoms with Gasteiger partial charge in [-0.1, -0.05) is 35.6 Å². The van der Waals surface area contributed by atoms with Crippen molar-refractivity contribution in [1.82, 2.24) is 9.29 Å². The van der Waals surface area contributed by atoms with Crippen LogP contribution in [0.3, 0.4) is 0 Å². The lowest BCUT2D eigenvalue weighted by Crippen LogP contribution is -2.46. The number of hydrogen-bond acceptors (Lipinski definition) is 7. The van der Waals surface area contributed by atoms with Crippen molar-refractivity contribution in [3.63, 3.8) is 0 Å². The summed E-state index contributed by atoms with van der Waals surface area (Å²) in [6.45, 7) is 3.89. The van der Waals surface area contributed by atoms with Crippen molar-refractivity contribution >= 4 is 54.4 Å². The molecule has 2 aromatic carbocycles. The van der Waals surface area contributed by atoms with Crippen molar-refractivity contribution in [2.45, 2.75) is 48.5 Å². The fourth-order valence-corrected chi connectivity index (χ4v) is 8.63. The van der Waals surface area contributed by atoms with Gasteiger partial charge in [-0.3, -0.25) is 9.69 Å². The number of aryl methyl sites for hydroxylation is 1. The van der Waals surface area contributed by atoms with Gasteiger partial charge in [0, 0.05) is 30.5 Å². The van der Waals surface area contributed by atoms with Crippen LogP contribution in [-0.4, -0.2) is 62.2 Å². The number of piperidine rings is 1. The van der Waals surface area contributed by atoms with Gasteiger partial charge >= 0.3 is 0 Å². The molecule has 1 unspecified atom stereocenters. The van der Waals surface area contributed by atoms with Gasteiger partial charge in [0.05, 0.1) is 27.8 Å². The summed E-state index contributed by atoms with van der Waals surface area (Å²) in [5.74, 6) is -0.231. The molecule has 1 amide bonds. The highest BCUT2D eigenvalue weighted by Gasteiger charge is 2.36. The number of ether oxygens (including phenoxy) is 1. The van der Waals surface area contributed by atoms with Crippen molar-refractivity contribution in [3.05, 3.63) is 48.0 Å². The molecule has 192 valence electrons. The van der Waals surface area contributed by atoms with Gasteiger partial charge in [-0.05, 0) is 62.6 Å². The summed E-state index contributed by atoms with van der Waals surface area (Å²) in [6.07, 6.45) is 4.80. The van der Waals surface area contributed by atoms with E-state index in [-0.39, 0.29) is 17.9 Å². The molecule has 5 rings (SSSR count). The Kier molecular flexibility index (Phi) is 7.69. The highest BCUT2D eigenvalue weighted by atomic mass is 32.2. The third-order valence-corrected chi connectivity index (χ3v) is 10.9. The molecule has 0 spiro atoms. The molecule has 36 heavy (non-hydrogen) atoms. The third-order valence-electron chi connectivity index (χ3n) is 7.01. The minimum Gasteiger partial charge on any atom is -0.376 e. The first-order chi connectivity index (χ1) is 17.4. The lowest BCUT2D eigenvalue weighted by Gasteiger charge is -2.33. The van der Waals surface area contributed by atoms with Crippen molar-refractivity contribution in [2.24, 2.45) is 5.92 Å². The molecule has 0 aliphatic carbocycles. The summed E-state index contributed by atoms with van der Waals surface area (Å²) in [7, 11) is -3.61. The second-order valence-corrected chi connectivity index (χ2v) is 13.1. The number of amides is 1. The smallest absolute Gasteiger partial charge is 0.244 e. The maximum Gasteiger partial charge on any atom is 0.244 e. The Hall–Kier alpha value is -1.98. The lowest BCUT2D eigenvalue weighted by molar-refractivity contribution is -0.123. The normalized spacial score (nSPS) is 19.7. The number of aromatic nitrogens is 1. The number of hydrogen-bond donors (Lipinski definition) is 0. The minimum atomic E-state index is -3.61. The summed E-state index contributed by atoms with van der Waals surface area (Å²) in [5, 5.41) is 0.698. The highest BCUT2D eigenvalue weighted by Crippen LogP contribution is 2.35. The molecule has 10 heteroatoms. The molecule has 0 N–H and O–H groups in total. The van der Waals surface area contributed by atoms with Crippen molar-refractivity contribution in [1.29, 1.82) is 0 Å². The fourth-order valence-electron chi connectivity index (χ4n) is 4.98. The van der Waals surface area contributed by atoms with E-state index in [0.717, 1.165) is 40.1 Å². The number of sulfonamides is 1. The molecule has 2 saturated heterocycles. The number of rotatable bonds is 7. The maximum atomic E-state index is 13.8. The van der Waals surface area contributed by atoms with E-state index in [4.69, 9.17) is 9.72 Å². The van der Waals surface area contributed by atoms with Gasteiger partial charge in [-0.2, -0.15) is 4.31 Å². The molecule has 1 atom stereocenters. The number of thioether (sulfide) groups is 1. The molecule has 3 aromatic rings. The summed E-state index contributed by atoms with van der Waals surface area (Å²) in [6, 6.07) is 13.2. The van der Waals surface area contributed by atoms with E-state index in [0.29, 0.717) is 42.5 Å². The first kappa shape index (κ1) is 25.7. The highest BCUT2D eigenvalue weighted by molar-refractivity contribution is 7.99. The number of carbonyl (C=O) groups is 1. The number of thiazole rings is 1. The fraction of sp³-hybridized carbons (Fsp3) is 0.462. The number of para-hydroxylation sites is 1. The van der Waals surface area contributed by atoms with E-state index in [1.54, 1.807) is 17.0 Å². The molecule has 2 fully saturated rings. The second kappa shape index (κ2) is 10.8. The van der Waals surface area contributed by atoms with E-state index in [9.17, 15) is 13.2 Å². The zero-order chi connectivity index (χ0) is 25.3. The predicted molar refractivity (Wildman–Crippen MR) is 145 cm³/mol. The Morgan fingerprint density at radius 1 is 1.17 bits per heavy atom. The van der Waals surface area contributed by atoms with Gasteiger partial charge < -0.3 is 4.74 Å². The van der Waals surface area contributed by atoms with Crippen LogP contribution in [0.1, 0.15) is 31.2 Å². The molecule has 3 heterocycles. The minimum absolute atomic E-state index is 0.00516. The molecule has 1 aromatic heterocycles. The van der Waals surface area contributed by atoms with Crippen molar-refractivity contribution in [3.8, 4) is 0 Å². The summed E-state index contributed by atoms with van der Waals surface area (Å²) < 4.78 is 35.2. The molecular formula is C26H31N3O4S3. The predicted octanol–water partition coefficient (Wildman–Crippen LogP) is 4.94. The van der Waals surface area contributed by atoms with E-state index in [2.05, 4.69) is 0 Å². The summed E-state index contributed by atoms with van der Waals surface area (Å²) in [5.41, 5.74) is 2.01. The quantitative estimate of drug-likeness (QED) is 0.392. The average Bonchev–Trinajstić information content (AvgIpc) is 3.57. The standard InChI is InChI=1S/C26H31N3O4S3/c1-18-7-5-10-22-24(18)27-26(35-22)29(17-20-8-6-16-33-20)25(30)19-12-14-28(15-13-19)36(31,32)23-11-4-3-9-21(23)34-2/h3-5,7,9-11,19-20H,6,8,12-17H2,1-2H3. The van der Waals surface area contributed by atoms with Crippen LogP contribution in [-0.2, 0) is 19.6 Å². The Morgan fingerprint density at radius 3 is 2.64 bits per heavy atom. The van der Waals surface area contributed by atoms with E-state index < -0.39 is 10.0 Å². The van der Waals surface area contributed by atoms with Gasteiger partial charge in [0.2, 0.25) is 15.9 Å². The van der Waals surface area contributed by atoms with Crippen LogP contribution in [0.2, 0.25) is 0 Å². The number of benzene rings is 2. The van der Waals surface area contributed by atoms with Crippen LogP contribution in [0, 0.1) is 12.8 Å². The SMILES string of the molecule is CSc1ccccc1S(=O)(=O)N1CCC(C(=O)N(CC2CCCO2)c2nc3c(C)cccc3s2)CC1. The van der Waals surface area contributed by atoms with Gasteiger partial charge in [-0.15, -0.1) is 11.8 Å². The van der Waals surface area contributed by atoms with Crippen LogP contribution >= 0.6 is 23.1 Å². The van der Waals surface area contributed by atoms with E-state index >= 15 is 0 Å². The lowest BCUT2D eigenvalue weighted by atomic mass is 9.96. The van der Waals surface area contributed by atoms with Gasteiger partial charge in [-0.25, -0.2) is 13.4 Å². The van der Waals surface area contributed by atoms with E-state index in [1.807, 2.05) is 43.5 Å². The molecule has 7 nitrogen and oxygen atoms in total. The molecule has 0 radical (unpaired) electrons. The van der Waals surface area contributed by atoms with Crippen LogP contribution in [0.5, 0.6) is 0 Å². The molecule has 2 aliphatic heterocycles. The third kappa shape index (κ3) is 5.06. The molecule has 0 saturated carbocycles. The maximum absolute atomic E-state index is 13.8. The van der Waals surface area contributed by atoms with E-state index in [1.165, 1.54) is 27.4 Å². The van der Waals surface area contributed by atoms with Crippen LogP contribution < -0.4 is 4.90 Å². The monoisotopic (exact) mass is 545 g/mol. The van der Waals surface area contributed by atoms with Crippen LogP contribution in [0.4, 0.5) is 5.13 Å². The Labute approximate surface area is 220 Å². The van der Waals surface area contributed by atoms with Crippen molar-refractivity contribution < 1.29 is 17.9 Å². The Bertz CT molecular complexity index is 1340. The summed E-state index contributed by atoms with van der Waals surface area (Å²) >= 11 is 2.96. The summed E-state index contributed by atoms with van der Waals surface area (Å²) in [4.78, 5) is 21.6. The zero-order valence-electron chi connectivity index (χ0n) is 20.6. The number of fused-ring (bicyclic) bond motifs is 1. The van der Waals surface area contributed by atoms with Crippen LogP contribution in [0.15, 0.2) is 52.3 Å². The van der Waals surface area contributed by atoms with Gasteiger partial charge in [0.25, 0.3) is 0 Å². The first-order valence-corrected chi connectivity index (χ1v) is 15.8. The molecule has 2 aliphatic rings. The number of carbonyl (C=O) groups excluding carboxylic acids is 1. The number of nitrogens with zero attached hydrogens (tertiary/aromatic N) is 3. The molecular weight excluding hydrogens is 515 g/mol. The topological polar surface area (TPSA) is 79.8 Å². The van der Waals surface area contributed by atoms with Crippen LogP contribution in [0.25, 0.3) is 10.2 Å². The number of anilines is 1.